The maximum atomic E-state index is 13.3. The number of pyridine rings is 1. The van der Waals surface area contributed by atoms with Crippen molar-refractivity contribution >= 4 is 39.0 Å². The number of hydrogen-bond acceptors (Lipinski definition) is 6. The Hall–Kier alpha value is -3.49. The van der Waals surface area contributed by atoms with Crippen molar-refractivity contribution in [2.75, 3.05) is 0 Å². The van der Waals surface area contributed by atoms with Crippen molar-refractivity contribution in [2.24, 2.45) is 0 Å². The summed E-state index contributed by atoms with van der Waals surface area (Å²) in [7, 11) is 0. The average molecular weight is 473 g/mol. The van der Waals surface area contributed by atoms with Gasteiger partial charge in [-0.15, -0.1) is 17.9 Å². The molecule has 0 saturated heterocycles. The van der Waals surface area contributed by atoms with Gasteiger partial charge in [-0.2, -0.15) is 0 Å². The lowest BCUT2D eigenvalue weighted by atomic mass is 10.2. The maximum Gasteiger partial charge on any atom is 0.272 e. The molecule has 0 aliphatic carbocycles. The van der Waals surface area contributed by atoms with Gasteiger partial charge in [-0.3, -0.25) is 18.6 Å². The molecule has 33 heavy (non-hydrogen) atoms. The van der Waals surface area contributed by atoms with E-state index in [9.17, 15) is 9.59 Å². The Morgan fingerprint density at radius 1 is 1.09 bits per heavy atom. The third kappa shape index (κ3) is 4.03. The molecule has 0 amide bonds. The molecule has 8 heteroatoms. The van der Waals surface area contributed by atoms with Crippen LogP contribution in [0, 0.1) is 6.92 Å². The van der Waals surface area contributed by atoms with Crippen LogP contribution >= 0.6 is 23.1 Å². The number of hydrogen-bond donors (Lipinski definition) is 0. The summed E-state index contributed by atoms with van der Waals surface area (Å²) in [6.45, 7) is 6.08. The summed E-state index contributed by atoms with van der Waals surface area (Å²) >= 11 is 2.84. The molecule has 164 valence electrons. The third-order valence-corrected chi connectivity index (χ3v) is 7.43. The van der Waals surface area contributed by atoms with Gasteiger partial charge in [-0.05, 0) is 30.2 Å². The Morgan fingerprint density at radius 3 is 2.70 bits per heavy atom. The fourth-order valence-electron chi connectivity index (χ4n) is 3.66. The molecule has 0 atom stereocenters. The molecule has 0 N–H and O–H groups in total. The number of fused-ring (bicyclic) bond motifs is 2. The normalized spacial score (nSPS) is 11.3. The molecule has 0 fully saturated rings. The van der Waals surface area contributed by atoms with Crippen molar-refractivity contribution in [3.63, 3.8) is 0 Å². The largest absolute Gasteiger partial charge is 0.282 e. The number of nitrogens with zero attached hydrogens (tertiary/aromatic N) is 4. The van der Waals surface area contributed by atoms with Crippen molar-refractivity contribution < 1.29 is 0 Å². The second kappa shape index (κ2) is 8.80. The molecule has 0 radical (unpaired) electrons. The predicted octanol–water partition coefficient (Wildman–Crippen LogP) is 4.92. The fraction of sp³-hybridized carbons (Fsp3) is 0.120. The van der Waals surface area contributed by atoms with Gasteiger partial charge in [0.05, 0.1) is 11.2 Å². The van der Waals surface area contributed by atoms with Gasteiger partial charge in [0, 0.05) is 29.4 Å². The molecule has 4 heterocycles. The molecule has 5 rings (SSSR count). The first-order valence-corrected chi connectivity index (χ1v) is 12.2. The minimum Gasteiger partial charge on any atom is -0.282 e. The van der Waals surface area contributed by atoms with Crippen LogP contribution in [0.25, 0.3) is 26.3 Å². The first kappa shape index (κ1) is 21.4. The molecule has 0 unspecified atom stereocenters. The van der Waals surface area contributed by atoms with Crippen LogP contribution in [0.3, 0.4) is 0 Å². The van der Waals surface area contributed by atoms with E-state index in [0.29, 0.717) is 39.0 Å². The summed E-state index contributed by atoms with van der Waals surface area (Å²) in [6.07, 6.45) is 3.40. The van der Waals surface area contributed by atoms with E-state index in [4.69, 9.17) is 4.98 Å². The van der Waals surface area contributed by atoms with Crippen LogP contribution in [-0.4, -0.2) is 18.9 Å². The van der Waals surface area contributed by atoms with E-state index in [0.717, 1.165) is 16.0 Å². The van der Waals surface area contributed by atoms with Crippen LogP contribution in [0.4, 0.5) is 0 Å². The average Bonchev–Trinajstić information content (AvgIpc) is 3.26. The van der Waals surface area contributed by atoms with Gasteiger partial charge >= 0.3 is 0 Å². The van der Waals surface area contributed by atoms with Crippen molar-refractivity contribution in [1.29, 1.82) is 0 Å². The van der Waals surface area contributed by atoms with E-state index in [1.807, 2.05) is 55.5 Å². The molecule has 6 nitrogen and oxygen atoms in total. The van der Waals surface area contributed by atoms with Gasteiger partial charge in [0.15, 0.2) is 5.16 Å². The smallest absolute Gasteiger partial charge is 0.272 e. The highest BCUT2D eigenvalue weighted by atomic mass is 32.2. The van der Waals surface area contributed by atoms with Crippen molar-refractivity contribution in [3.8, 4) is 10.4 Å². The first-order valence-electron chi connectivity index (χ1n) is 10.4. The zero-order valence-electron chi connectivity index (χ0n) is 17.9. The van der Waals surface area contributed by atoms with Crippen LogP contribution in [0.1, 0.15) is 11.3 Å². The molecule has 0 aliphatic heterocycles. The number of aryl methyl sites for hydroxylation is 1. The van der Waals surface area contributed by atoms with Crippen LogP contribution < -0.4 is 11.1 Å². The van der Waals surface area contributed by atoms with Gasteiger partial charge < -0.3 is 0 Å². The summed E-state index contributed by atoms with van der Waals surface area (Å²) in [6, 6.07) is 17.2. The zero-order chi connectivity index (χ0) is 22.9. The van der Waals surface area contributed by atoms with Gasteiger partial charge in [0.2, 0.25) is 0 Å². The number of aromatic nitrogens is 4. The zero-order valence-corrected chi connectivity index (χ0v) is 19.5. The lowest BCUT2D eigenvalue weighted by Gasteiger charge is -2.10. The third-order valence-electron chi connectivity index (χ3n) is 5.26. The minimum atomic E-state index is -0.128. The summed E-state index contributed by atoms with van der Waals surface area (Å²) in [5, 5.41) is 0.580. The van der Waals surface area contributed by atoms with E-state index in [-0.39, 0.29) is 11.1 Å². The molecule has 0 bridgehead atoms. The van der Waals surface area contributed by atoms with E-state index in [1.54, 1.807) is 16.8 Å². The topological polar surface area (TPSA) is 69.3 Å². The fourth-order valence-corrected chi connectivity index (χ4v) is 5.61. The van der Waals surface area contributed by atoms with E-state index < -0.39 is 0 Å². The van der Waals surface area contributed by atoms with Crippen molar-refractivity contribution in [2.45, 2.75) is 24.4 Å². The summed E-state index contributed by atoms with van der Waals surface area (Å²) in [4.78, 5) is 36.3. The van der Waals surface area contributed by atoms with Crippen LogP contribution in [0.5, 0.6) is 0 Å². The Labute approximate surface area is 197 Å². The Morgan fingerprint density at radius 2 is 1.91 bits per heavy atom. The summed E-state index contributed by atoms with van der Waals surface area (Å²) in [5.41, 5.74) is 3.73. The molecule has 0 spiro atoms. The number of rotatable bonds is 6. The Bertz CT molecular complexity index is 1620. The minimum absolute atomic E-state index is 0.0861. The molecule has 0 aliphatic rings. The van der Waals surface area contributed by atoms with E-state index in [2.05, 4.69) is 11.6 Å². The van der Waals surface area contributed by atoms with Crippen LogP contribution in [0.15, 0.2) is 88.2 Å². The molecular weight excluding hydrogens is 452 g/mol. The number of thiophene rings is 1. The monoisotopic (exact) mass is 472 g/mol. The SMILES string of the molecule is C=CCn1c(SCc2cc(=O)n3cccc(C)c3n2)nc2cc(-c3ccccc3)sc2c1=O. The molecule has 0 saturated carbocycles. The number of allylic oxidation sites excluding steroid dienone is 1. The summed E-state index contributed by atoms with van der Waals surface area (Å²) < 4.78 is 3.79. The highest BCUT2D eigenvalue weighted by Gasteiger charge is 2.16. The second-order valence-electron chi connectivity index (χ2n) is 7.55. The first-order chi connectivity index (χ1) is 16.0. The van der Waals surface area contributed by atoms with Crippen LogP contribution in [0.2, 0.25) is 0 Å². The van der Waals surface area contributed by atoms with Crippen molar-refractivity contribution in [1.82, 2.24) is 18.9 Å². The summed E-state index contributed by atoms with van der Waals surface area (Å²) in [5.74, 6) is 0.421. The van der Waals surface area contributed by atoms with Gasteiger partial charge in [0.1, 0.15) is 10.3 Å². The Balaban J connectivity index is 1.55. The number of benzene rings is 1. The van der Waals surface area contributed by atoms with Gasteiger partial charge in [0.25, 0.3) is 11.1 Å². The highest BCUT2D eigenvalue weighted by Crippen LogP contribution is 2.32. The Kier molecular flexibility index (Phi) is 5.70. The highest BCUT2D eigenvalue weighted by molar-refractivity contribution is 7.98. The maximum absolute atomic E-state index is 13.3. The van der Waals surface area contributed by atoms with Crippen LogP contribution in [-0.2, 0) is 12.3 Å². The lowest BCUT2D eigenvalue weighted by molar-refractivity contribution is 0.672. The van der Waals surface area contributed by atoms with E-state index in [1.165, 1.54) is 33.6 Å². The second-order valence-corrected chi connectivity index (χ2v) is 9.54. The molecule has 5 aromatic rings. The van der Waals surface area contributed by atoms with E-state index >= 15 is 0 Å². The van der Waals surface area contributed by atoms with Gasteiger partial charge in [-0.25, -0.2) is 9.97 Å². The molecular formula is C25H20N4O2S2. The van der Waals surface area contributed by atoms with Gasteiger partial charge in [-0.1, -0.05) is 54.2 Å². The van der Waals surface area contributed by atoms with Crippen molar-refractivity contribution in [3.05, 3.63) is 105 Å². The lowest BCUT2D eigenvalue weighted by Crippen LogP contribution is -2.22. The predicted molar refractivity (Wildman–Crippen MR) is 135 cm³/mol. The quantitative estimate of drug-likeness (QED) is 0.199. The molecule has 1 aromatic carbocycles. The molecule has 4 aromatic heterocycles. The standard InChI is InChI=1S/C25H20N4O2S2/c1-3-11-29-24(31)22-19(14-20(33-22)17-9-5-4-6-10-17)27-25(29)32-15-18-13-21(30)28-12-7-8-16(2)23(28)26-18/h3-10,12-14H,1,11,15H2,2H3. The number of thioether (sulfide) groups is 1.